The van der Waals surface area contributed by atoms with Gasteiger partial charge in [0.15, 0.2) is 0 Å². The van der Waals surface area contributed by atoms with Crippen molar-refractivity contribution in [2.45, 2.75) is 29.5 Å². The second-order valence-corrected chi connectivity index (χ2v) is 8.96. The van der Waals surface area contributed by atoms with Crippen LogP contribution in [-0.2, 0) is 30.6 Å². The van der Waals surface area contributed by atoms with Gasteiger partial charge in [0.25, 0.3) is 0 Å². The molecule has 1 atom stereocenters. The first-order valence-corrected chi connectivity index (χ1v) is 11.7. The van der Waals surface area contributed by atoms with Gasteiger partial charge in [0.05, 0.1) is 10.8 Å². The molecule has 0 heterocycles. The lowest BCUT2D eigenvalue weighted by molar-refractivity contribution is 0.299. The van der Waals surface area contributed by atoms with E-state index in [2.05, 4.69) is 6.07 Å². The Labute approximate surface area is 195 Å². The van der Waals surface area contributed by atoms with Crippen LogP contribution in [0.5, 0.6) is 17.2 Å². The molecule has 0 aliphatic rings. The van der Waals surface area contributed by atoms with E-state index in [9.17, 15) is 9.32 Å². The summed E-state index contributed by atoms with van der Waals surface area (Å²) < 4.78 is 24.4. The highest BCUT2D eigenvalue weighted by atomic mass is 32.2. The third-order valence-corrected chi connectivity index (χ3v) is 6.45. The van der Waals surface area contributed by atoms with Gasteiger partial charge in [-0.25, -0.2) is 4.21 Å². The first kappa shape index (κ1) is 22.6. The van der Waals surface area contributed by atoms with Crippen LogP contribution in [0.15, 0.2) is 107 Å². The molecule has 33 heavy (non-hydrogen) atoms. The number of phenols is 1. The van der Waals surface area contributed by atoms with E-state index in [1.165, 1.54) is 12.1 Å². The lowest BCUT2D eigenvalue weighted by Gasteiger charge is -2.10. The molecule has 0 spiro atoms. The summed E-state index contributed by atoms with van der Waals surface area (Å²) in [6.45, 7) is 1.40. The lowest BCUT2D eigenvalue weighted by Crippen LogP contribution is -2.00. The molecule has 4 rings (SSSR count). The van der Waals surface area contributed by atoms with Crippen molar-refractivity contribution in [2.24, 2.45) is 5.73 Å². The minimum absolute atomic E-state index is 0.149. The smallest absolute Gasteiger partial charge is 0.119 e. The van der Waals surface area contributed by atoms with Gasteiger partial charge in [0.1, 0.15) is 30.5 Å². The summed E-state index contributed by atoms with van der Waals surface area (Å²) in [6.07, 6.45) is 0. The Morgan fingerprint density at radius 2 is 1.15 bits per heavy atom. The van der Waals surface area contributed by atoms with Crippen LogP contribution < -0.4 is 15.2 Å². The van der Waals surface area contributed by atoms with E-state index >= 15 is 0 Å². The molecule has 1 unspecified atom stereocenters. The second-order valence-electron chi connectivity index (χ2n) is 7.48. The van der Waals surface area contributed by atoms with Gasteiger partial charge in [-0.3, -0.25) is 0 Å². The number of nitrogens with two attached hydrogens (primary N) is 1. The standard InChI is InChI=1S/C27H25NO4S/c28-17-20-4-8-24(9-5-20)31-18-21-2-1-3-22(16-21)19-32-25-10-14-27(15-11-25)33(30)26-12-6-23(29)7-13-26/h1-16,29H,17-19,28H2. The molecule has 0 saturated carbocycles. The fourth-order valence-corrected chi connectivity index (χ4v) is 4.27. The van der Waals surface area contributed by atoms with Crippen LogP contribution in [0, 0.1) is 0 Å². The first-order valence-electron chi connectivity index (χ1n) is 10.5. The van der Waals surface area contributed by atoms with Crippen molar-refractivity contribution in [3.8, 4) is 17.2 Å². The Kier molecular flexibility index (Phi) is 7.40. The average molecular weight is 460 g/mol. The molecule has 0 aliphatic carbocycles. The fourth-order valence-electron chi connectivity index (χ4n) is 3.23. The molecule has 4 aromatic rings. The monoisotopic (exact) mass is 459 g/mol. The molecule has 0 saturated heterocycles. The van der Waals surface area contributed by atoms with E-state index < -0.39 is 10.8 Å². The Morgan fingerprint density at radius 1 is 0.667 bits per heavy atom. The quantitative estimate of drug-likeness (QED) is 0.361. The SMILES string of the molecule is NCc1ccc(OCc2cccc(COc3ccc(S(=O)c4ccc(O)cc4)cc3)c2)cc1. The second kappa shape index (κ2) is 10.8. The molecule has 4 aromatic carbocycles. The lowest BCUT2D eigenvalue weighted by atomic mass is 10.1. The highest BCUT2D eigenvalue weighted by Crippen LogP contribution is 2.22. The number of hydrogen-bond acceptors (Lipinski definition) is 5. The number of benzene rings is 4. The van der Waals surface area contributed by atoms with Gasteiger partial charge in [-0.2, -0.15) is 0 Å². The third-order valence-electron chi connectivity index (χ3n) is 5.05. The van der Waals surface area contributed by atoms with Crippen LogP contribution in [0.4, 0.5) is 0 Å². The Bertz CT molecular complexity index is 1210. The van der Waals surface area contributed by atoms with Crippen molar-refractivity contribution in [2.75, 3.05) is 0 Å². The van der Waals surface area contributed by atoms with Crippen LogP contribution in [0.2, 0.25) is 0 Å². The number of rotatable bonds is 9. The summed E-state index contributed by atoms with van der Waals surface area (Å²) in [5.74, 6) is 1.65. The van der Waals surface area contributed by atoms with Crippen molar-refractivity contribution in [1.82, 2.24) is 0 Å². The largest absolute Gasteiger partial charge is 0.508 e. The van der Waals surface area contributed by atoms with Crippen molar-refractivity contribution < 1.29 is 18.8 Å². The van der Waals surface area contributed by atoms with Gasteiger partial charge in [-0.15, -0.1) is 0 Å². The van der Waals surface area contributed by atoms with Crippen molar-refractivity contribution in [3.63, 3.8) is 0 Å². The van der Waals surface area contributed by atoms with Gasteiger partial charge in [0, 0.05) is 16.3 Å². The first-order chi connectivity index (χ1) is 16.1. The summed E-state index contributed by atoms with van der Waals surface area (Å²) in [7, 11) is -1.31. The van der Waals surface area contributed by atoms with E-state index in [4.69, 9.17) is 15.2 Å². The molecule has 6 heteroatoms. The zero-order valence-corrected chi connectivity index (χ0v) is 18.8. The van der Waals surface area contributed by atoms with E-state index in [-0.39, 0.29) is 5.75 Å². The molecule has 168 valence electrons. The van der Waals surface area contributed by atoms with E-state index in [1.807, 2.05) is 54.6 Å². The zero-order chi connectivity index (χ0) is 23.0. The van der Waals surface area contributed by atoms with Crippen LogP contribution in [-0.4, -0.2) is 9.32 Å². The van der Waals surface area contributed by atoms with Gasteiger partial charge in [-0.05, 0) is 83.4 Å². The Hall–Kier alpha value is -3.61. The molecule has 0 aromatic heterocycles. The van der Waals surface area contributed by atoms with E-state index in [0.29, 0.717) is 35.3 Å². The molecule has 0 aliphatic heterocycles. The summed E-state index contributed by atoms with van der Waals surface area (Å²) >= 11 is 0. The minimum atomic E-state index is -1.31. The van der Waals surface area contributed by atoms with Crippen LogP contribution in [0.1, 0.15) is 16.7 Å². The summed E-state index contributed by atoms with van der Waals surface area (Å²) in [5, 5.41) is 9.39. The molecule has 3 N–H and O–H groups in total. The molecule has 0 fully saturated rings. The van der Waals surface area contributed by atoms with Gasteiger partial charge in [-0.1, -0.05) is 30.3 Å². The van der Waals surface area contributed by atoms with Crippen LogP contribution in [0.25, 0.3) is 0 Å². The van der Waals surface area contributed by atoms with Crippen LogP contribution >= 0.6 is 0 Å². The van der Waals surface area contributed by atoms with E-state index in [0.717, 1.165) is 22.4 Å². The van der Waals surface area contributed by atoms with Gasteiger partial charge in [0.2, 0.25) is 0 Å². The number of aromatic hydroxyl groups is 1. The molecule has 0 bridgehead atoms. The summed E-state index contributed by atoms with van der Waals surface area (Å²) in [4.78, 5) is 1.31. The van der Waals surface area contributed by atoms with Crippen LogP contribution in [0.3, 0.4) is 0 Å². The molecule has 0 amide bonds. The predicted octanol–water partition coefficient (Wildman–Crippen LogP) is 5.18. The minimum Gasteiger partial charge on any atom is -0.508 e. The molecule has 0 radical (unpaired) electrons. The molecular weight excluding hydrogens is 434 g/mol. The number of hydrogen-bond donors (Lipinski definition) is 2. The third kappa shape index (κ3) is 6.22. The maximum atomic E-state index is 12.7. The highest BCUT2D eigenvalue weighted by Gasteiger charge is 2.08. The normalized spacial score (nSPS) is 11.7. The average Bonchev–Trinajstić information content (AvgIpc) is 2.87. The van der Waals surface area contributed by atoms with Crippen molar-refractivity contribution >= 4 is 10.8 Å². The Balaban J connectivity index is 1.32. The van der Waals surface area contributed by atoms with Crippen molar-refractivity contribution in [3.05, 3.63) is 114 Å². The Morgan fingerprint density at radius 3 is 1.67 bits per heavy atom. The number of ether oxygens (including phenoxy) is 2. The predicted molar refractivity (Wildman–Crippen MR) is 129 cm³/mol. The van der Waals surface area contributed by atoms with E-state index in [1.54, 1.807) is 24.3 Å². The van der Waals surface area contributed by atoms with Gasteiger partial charge < -0.3 is 20.3 Å². The topological polar surface area (TPSA) is 81.8 Å². The molecule has 5 nitrogen and oxygen atoms in total. The van der Waals surface area contributed by atoms with Crippen molar-refractivity contribution in [1.29, 1.82) is 0 Å². The fraction of sp³-hybridized carbons (Fsp3) is 0.111. The summed E-state index contributed by atoms with van der Waals surface area (Å²) in [5.41, 5.74) is 8.79. The zero-order valence-electron chi connectivity index (χ0n) is 18.0. The van der Waals surface area contributed by atoms with Gasteiger partial charge >= 0.3 is 0 Å². The molecular formula is C27H25NO4S. The summed E-state index contributed by atoms with van der Waals surface area (Å²) in [6, 6.07) is 29.4. The highest BCUT2D eigenvalue weighted by molar-refractivity contribution is 7.85. The maximum absolute atomic E-state index is 12.7. The number of phenolic OH excluding ortho intramolecular Hbond substituents is 1. The maximum Gasteiger partial charge on any atom is 0.119 e.